The van der Waals surface area contributed by atoms with Crippen LogP contribution in [-0.2, 0) is 6.54 Å². The predicted octanol–water partition coefficient (Wildman–Crippen LogP) is 4.45. The van der Waals surface area contributed by atoms with E-state index >= 15 is 0 Å². The fourth-order valence-corrected chi connectivity index (χ4v) is 2.96. The van der Waals surface area contributed by atoms with E-state index in [4.69, 9.17) is 5.73 Å². The molecule has 0 aromatic heterocycles. The number of rotatable bonds is 9. The number of nitrogens with two attached hydrogens (primary N) is 1. The maximum Gasteiger partial charge on any atom is 0.0317 e. The van der Waals surface area contributed by atoms with Crippen LogP contribution < -0.4 is 5.73 Å². The lowest BCUT2D eigenvalue weighted by atomic mass is 9.98. The summed E-state index contributed by atoms with van der Waals surface area (Å²) in [6, 6.07) is 9.21. The van der Waals surface area contributed by atoms with Gasteiger partial charge in [0, 0.05) is 24.8 Å². The number of unbranched alkanes of at least 4 members (excludes halogenated alkanes) is 1. The molecule has 0 radical (unpaired) electrons. The van der Waals surface area contributed by atoms with Crippen molar-refractivity contribution in [2.24, 2.45) is 5.92 Å². The molecule has 0 bridgehead atoms. The lowest BCUT2D eigenvalue weighted by Gasteiger charge is -2.27. The second-order valence-corrected chi connectivity index (χ2v) is 6.32. The van der Waals surface area contributed by atoms with Gasteiger partial charge in [-0.2, -0.15) is 0 Å². The molecule has 0 aliphatic heterocycles. The fraction of sp³-hybridized carbons (Fsp3) is 0.667. The lowest BCUT2D eigenvalue weighted by Crippen LogP contribution is -2.31. The summed E-state index contributed by atoms with van der Waals surface area (Å²) in [6.07, 6.45) is 8.14. The number of nitrogens with zero attached hydrogens (tertiary/aromatic N) is 1. The summed E-state index contributed by atoms with van der Waals surface area (Å²) in [5.41, 5.74) is 8.15. The van der Waals surface area contributed by atoms with E-state index in [-0.39, 0.29) is 0 Å². The Morgan fingerprint density at radius 3 is 2.70 bits per heavy atom. The summed E-state index contributed by atoms with van der Waals surface area (Å²) >= 11 is 0. The Morgan fingerprint density at radius 1 is 1.30 bits per heavy atom. The number of nitrogen functional groups attached to an aromatic ring is 1. The first-order chi connectivity index (χ1) is 9.72. The molecule has 112 valence electrons. The Balaban J connectivity index is 1.93. The van der Waals surface area contributed by atoms with Crippen molar-refractivity contribution in [1.82, 2.24) is 4.90 Å². The van der Waals surface area contributed by atoms with Crippen LogP contribution >= 0.6 is 0 Å². The van der Waals surface area contributed by atoms with Crippen molar-refractivity contribution in [2.75, 3.05) is 12.3 Å². The standard InChI is InChI=1S/C18H30N2/c1-3-5-7-15(4-2)13-20(18-10-11-18)14-16-8-6-9-17(19)12-16/h6,8-9,12,15,18H,3-5,7,10-11,13-14,19H2,1-2H3. The van der Waals surface area contributed by atoms with Crippen LogP contribution in [0.1, 0.15) is 57.9 Å². The summed E-state index contributed by atoms with van der Waals surface area (Å²) in [5, 5.41) is 0. The Hall–Kier alpha value is -1.02. The second kappa shape index (κ2) is 7.68. The van der Waals surface area contributed by atoms with Gasteiger partial charge in [0.2, 0.25) is 0 Å². The van der Waals surface area contributed by atoms with Gasteiger partial charge in [-0.3, -0.25) is 4.90 Å². The second-order valence-electron chi connectivity index (χ2n) is 6.32. The van der Waals surface area contributed by atoms with E-state index in [2.05, 4.69) is 36.9 Å². The quantitative estimate of drug-likeness (QED) is 0.674. The molecule has 1 unspecified atom stereocenters. The molecule has 1 fully saturated rings. The van der Waals surface area contributed by atoms with Gasteiger partial charge in [0.05, 0.1) is 0 Å². The minimum atomic E-state index is 0.826. The van der Waals surface area contributed by atoms with Crippen LogP contribution in [0.3, 0.4) is 0 Å². The highest BCUT2D eigenvalue weighted by atomic mass is 15.2. The molecule has 1 aliphatic rings. The molecule has 1 aromatic carbocycles. The monoisotopic (exact) mass is 274 g/mol. The average Bonchev–Trinajstić information content (AvgIpc) is 3.26. The first-order valence-corrected chi connectivity index (χ1v) is 8.31. The van der Waals surface area contributed by atoms with Gasteiger partial charge in [0.25, 0.3) is 0 Å². The van der Waals surface area contributed by atoms with E-state index in [1.807, 2.05) is 6.07 Å². The van der Waals surface area contributed by atoms with Gasteiger partial charge in [0.1, 0.15) is 0 Å². The third-order valence-corrected chi connectivity index (χ3v) is 4.44. The van der Waals surface area contributed by atoms with E-state index in [1.165, 1.54) is 50.6 Å². The van der Waals surface area contributed by atoms with Gasteiger partial charge in [-0.15, -0.1) is 0 Å². The largest absolute Gasteiger partial charge is 0.399 e. The van der Waals surface area contributed by atoms with E-state index < -0.39 is 0 Å². The molecule has 1 aliphatic carbocycles. The highest BCUT2D eigenvalue weighted by Gasteiger charge is 2.30. The average molecular weight is 274 g/mol. The number of anilines is 1. The minimum absolute atomic E-state index is 0.826. The summed E-state index contributed by atoms with van der Waals surface area (Å²) in [5.74, 6) is 0.858. The van der Waals surface area contributed by atoms with E-state index in [9.17, 15) is 0 Å². The SMILES string of the molecule is CCCCC(CC)CN(Cc1cccc(N)c1)C1CC1. The lowest BCUT2D eigenvalue weighted by molar-refractivity contribution is 0.202. The van der Waals surface area contributed by atoms with Crippen molar-refractivity contribution >= 4 is 5.69 Å². The Bertz CT molecular complexity index is 398. The molecule has 1 saturated carbocycles. The molecule has 0 spiro atoms. The zero-order valence-electron chi connectivity index (χ0n) is 13.1. The molecule has 2 heteroatoms. The van der Waals surface area contributed by atoms with Crippen molar-refractivity contribution in [3.8, 4) is 0 Å². The predicted molar refractivity (Wildman–Crippen MR) is 87.6 cm³/mol. The van der Waals surface area contributed by atoms with Crippen LogP contribution in [0.25, 0.3) is 0 Å². The molecule has 0 heterocycles. The van der Waals surface area contributed by atoms with Gasteiger partial charge in [-0.1, -0.05) is 45.2 Å². The van der Waals surface area contributed by atoms with Crippen LogP contribution in [0, 0.1) is 5.92 Å². The molecular weight excluding hydrogens is 244 g/mol. The first kappa shape index (κ1) is 15.4. The highest BCUT2D eigenvalue weighted by Crippen LogP contribution is 2.30. The molecule has 0 amide bonds. The van der Waals surface area contributed by atoms with Gasteiger partial charge < -0.3 is 5.73 Å². The van der Waals surface area contributed by atoms with Crippen LogP contribution in [0.15, 0.2) is 24.3 Å². The maximum atomic E-state index is 5.90. The van der Waals surface area contributed by atoms with E-state index in [1.54, 1.807) is 0 Å². The van der Waals surface area contributed by atoms with Gasteiger partial charge in [0.15, 0.2) is 0 Å². The van der Waals surface area contributed by atoms with E-state index in [0.29, 0.717) is 0 Å². The first-order valence-electron chi connectivity index (χ1n) is 8.31. The van der Waals surface area contributed by atoms with Gasteiger partial charge in [-0.25, -0.2) is 0 Å². The van der Waals surface area contributed by atoms with Crippen LogP contribution in [0.2, 0.25) is 0 Å². The summed E-state index contributed by atoms with van der Waals surface area (Å²) in [6.45, 7) is 6.96. The third kappa shape index (κ3) is 4.82. The zero-order chi connectivity index (χ0) is 14.4. The fourth-order valence-electron chi connectivity index (χ4n) is 2.96. The smallest absolute Gasteiger partial charge is 0.0317 e. The zero-order valence-corrected chi connectivity index (χ0v) is 13.1. The Kier molecular flexibility index (Phi) is 5.90. The molecular formula is C18H30N2. The van der Waals surface area contributed by atoms with Gasteiger partial charge >= 0.3 is 0 Å². The van der Waals surface area contributed by atoms with Crippen molar-refractivity contribution in [2.45, 2.75) is 65.0 Å². The molecule has 2 rings (SSSR count). The summed E-state index contributed by atoms with van der Waals surface area (Å²) in [4.78, 5) is 2.69. The topological polar surface area (TPSA) is 29.3 Å². The van der Waals surface area contributed by atoms with Crippen molar-refractivity contribution < 1.29 is 0 Å². The Labute approximate surface area is 124 Å². The molecule has 2 nitrogen and oxygen atoms in total. The summed E-state index contributed by atoms with van der Waals surface area (Å²) < 4.78 is 0. The summed E-state index contributed by atoms with van der Waals surface area (Å²) in [7, 11) is 0. The van der Waals surface area contributed by atoms with Crippen LogP contribution in [0.4, 0.5) is 5.69 Å². The number of hydrogen-bond donors (Lipinski definition) is 1. The Morgan fingerprint density at radius 2 is 2.10 bits per heavy atom. The van der Waals surface area contributed by atoms with E-state index in [0.717, 1.165) is 24.2 Å². The van der Waals surface area contributed by atoms with Crippen molar-refractivity contribution in [1.29, 1.82) is 0 Å². The van der Waals surface area contributed by atoms with Gasteiger partial charge in [-0.05, 0) is 42.9 Å². The molecule has 20 heavy (non-hydrogen) atoms. The van der Waals surface area contributed by atoms with Crippen LogP contribution in [0.5, 0.6) is 0 Å². The number of benzene rings is 1. The minimum Gasteiger partial charge on any atom is -0.399 e. The van der Waals surface area contributed by atoms with Crippen molar-refractivity contribution in [3.05, 3.63) is 29.8 Å². The molecule has 1 atom stereocenters. The normalized spacial score (nSPS) is 16.6. The molecule has 2 N–H and O–H groups in total. The molecule has 1 aromatic rings. The maximum absolute atomic E-state index is 5.90. The van der Waals surface area contributed by atoms with Crippen molar-refractivity contribution in [3.63, 3.8) is 0 Å². The van der Waals surface area contributed by atoms with Crippen LogP contribution in [-0.4, -0.2) is 17.5 Å². The molecule has 0 saturated heterocycles. The highest BCUT2D eigenvalue weighted by molar-refractivity contribution is 5.40. The third-order valence-electron chi connectivity index (χ3n) is 4.44. The number of hydrogen-bond acceptors (Lipinski definition) is 2.